The highest BCUT2D eigenvalue weighted by molar-refractivity contribution is 7.80. The molecular formula is C24H36O6S-2. The van der Waals surface area contributed by atoms with E-state index in [2.05, 4.69) is 26.8 Å². The van der Waals surface area contributed by atoms with Crippen LogP contribution in [0, 0.1) is 40.4 Å². The van der Waals surface area contributed by atoms with Gasteiger partial charge in [-0.1, -0.05) is 32.4 Å². The fraction of sp³-hybridized carbons (Fsp3) is 0.875. The van der Waals surface area contributed by atoms with Gasteiger partial charge in [0.05, 0.1) is 6.10 Å². The molecule has 4 aliphatic carbocycles. The molecule has 4 rings (SSSR count). The number of carbonyl (C=O) groups is 1. The van der Waals surface area contributed by atoms with Gasteiger partial charge in [-0.3, -0.25) is 4.18 Å². The van der Waals surface area contributed by atoms with E-state index in [0.29, 0.717) is 48.9 Å². The number of aliphatic carboxylic acids is 1. The lowest BCUT2D eigenvalue weighted by molar-refractivity contribution is -0.306. The van der Waals surface area contributed by atoms with Crippen LogP contribution in [-0.4, -0.2) is 25.0 Å². The van der Waals surface area contributed by atoms with Crippen molar-refractivity contribution in [3.8, 4) is 0 Å². The summed E-state index contributed by atoms with van der Waals surface area (Å²) in [5.74, 6) is 1.91. The summed E-state index contributed by atoms with van der Waals surface area (Å²) >= 11 is 0. The molecule has 0 amide bonds. The van der Waals surface area contributed by atoms with Crippen LogP contribution in [0.3, 0.4) is 0 Å². The van der Waals surface area contributed by atoms with Gasteiger partial charge in [0.2, 0.25) is 10.4 Å². The monoisotopic (exact) mass is 452 g/mol. The summed E-state index contributed by atoms with van der Waals surface area (Å²) in [6.45, 7) is 7.01. The summed E-state index contributed by atoms with van der Waals surface area (Å²) in [6.07, 6.45) is 10.5. The number of carbonyl (C=O) groups excluding carboxylic acids is 1. The molecule has 4 aliphatic rings. The summed E-state index contributed by atoms with van der Waals surface area (Å²) < 4.78 is 38.0. The molecule has 7 heteroatoms. The van der Waals surface area contributed by atoms with Crippen molar-refractivity contribution >= 4 is 16.4 Å². The Morgan fingerprint density at radius 3 is 2.61 bits per heavy atom. The van der Waals surface area contributed by atoms with Gasteiger partial charge in [0.25, 0.3) is 0 Å². The highest BCUT2D eigenvalue weighted by Gasteiger charge is 2.59. The fourth-order valence-corrected chi connectivity index (χ4v) is 8.90. The average Bonchev–Trinajstić information content (AvgIpc) is 3.02. The predicted octanol–water partition coefficient (Wildman–Crippen LogP) is 3.58. The molecule has 0 bridgehead atoms. The number of carboxylic acids is 1. The van der Waals surface area contributed by atoms with Gasteiger partial charge in [-0.2, -0.15) is 0 Å². The lowest BCUT2D eigenvalue weighted by Crippen LogP contribution is -2.51. The molecule has 176 valence electrons. The van der Waals surface area contributed by atoms with Crippen LogP contribution in [0.25, 0.3) is 0 Å². The van der Waals surface area contributed by atoms with Crippen molar-refractivity contribution < 1.29 is 27.1 Å². The van der Waals surface area contributed by atoms with Crippen LogP contribution >= 0.6 is 0 Å². The number of carboxylic acid groups (broad SMARTS) is 1. The Labute approximate surface area is 186 Å². The lowest BCUT2D eigenvalue weighted by Gasteiger charge is -2.58. The summed E-state index contributed by atoms with van der Waals surface area (Å²) in [4.78, 5) is 11.0. The van der Waals surface area contributed by atoms with Crippen molar-refractivity contribution in [3.05, 3.63) is 11.6 Å². The molecule has 6 nitrogen and oxygen atoms in total. The summed E-state index contributed by atoms with van der Waals surface area (Å²) in [5, 5.41) is 11.0. The van der Waals surface area contributed by atoms with Gasteiger partial charge in [-0.15, -0.1) is 0 Å². The lowest BCUT2D eigenvalue weighted by atomic mass is 9.47. The Balaban J connectivity index is 1.51. The highest BCUT2D eigenvalue weighted by atomic mass is 32.3. The van der Waals surface area contributed by atoms with Gasteiger partial charge in [-0.05, 0) is 105 Å². The molecule has 0 aliphatic heterocycles. The van der Waals surface area contributed by atoms with E-state index >= 15 is 0 Å². The maximum absolute atomic E-state index is 11.1. The largest absolute Gasteiger partial charge is 0.726 e. The van der Waals surface area contributed by atoms with Gasteiger partial charge in [0.1, 0.15) is 0 Å². The second-order valence-corrected chi connectivity index (χ2v) is 12.3. The normalized spacial score (nSPS) is 43.4. The first-order valence-electron chi connectivity index (χ1n) is 12.0. The molecular weight excluding hydrogens is 416 g/mol. The third-order valence-corrected chi connectivity index (χ3v) is 10.4. The first kappa shape index (κ1) is 23.2. The molecule has 3 saturated carbocycles. The molecule has 0 aromatic rings. The summed E-state index contributed by atoms with van der Waals surface area (Å²) in [7, 11) is -4.67. The van der Waals surface area contributed by atoms with Gasteiger partial charge < -0.3 is 14.5 Å². The SMILES string of the molecule is C[C@H](CCC(=O)[O-])[C@H]1CC[C@H]2[C@@H]3CC=C4C[C@@H](OS(=O)(=O)[O-])CC[C@]4(C)[C@H]3CC[C@]12C. The van der Waals surface area contributed by atoms with Gasteiger partial charge in [0.15, 0.2) is 0 Å². The molecule has 0 unspecified atom stereocenters. The topological polar surface area (TPSA) is 107 Å². The minimum atomic E-state index is -4.67. The highest BCUT2D eigenvalue weighted by Crippen LogP contribution is 2.67. The van der Waals surface area contributed by atoms with Crippen LogP contribution in [0.4, 0.5) is 0 Å². The van der Waals surface area contributed by atoms with E-state index in [1.54, 1.807) is 0 Å². The molecule has 0 N–H and O–H groups in total. The van der Waals surface area contributed by atoms with E-state index in [4.69, 9.17) is 4.18 Å². The van der Waals surface area contributed by atoms with Gasteiger partial charge in [-0.25, -0.2) is 8.42 Å². The molecule has 0 aromatic heterocycles. The number of hydrogen-bond donors (Lipinski definition) is 0. The number of allylic oxidation sites excluding steroid dienone is 1. The fourth-order valence-electron chi connectivity index (χ4n) is 8.40. The van der Waals surface area contributed by atoms with Crippen molar-refractivity contribution in [1.29, 1.82) is 0 Å². The van der Waals surface area contributed by atoms with E-state index in [-0.39, 0.29) is 17.3 Å². The second-order valence-electron chi connectivity index (χ2n) is 11.2. The summed E-state index contributed by atoms with van der Waals surface area (Å²) in [6, 6.07) is 0. The van der Waals surface area contributed by atoms with Crippen LogP contribution in [-0.2, 0) is 19.4 Å². The maximum Gasteiger partial charge on any atom is 0.217 e. The Morgan fingerprint density at radius 1 is 1.19 bits per heavy atom. The van der Waals surface area contributed by atoms with Crippen LogP contribution in [0.2, 0.25) is 0 Å². The molecule has 0 saturated heterocycles. The predicted molar refractivity (Wildman–Crippen MR) is 113 cm³/mol. The third-order valence-electron chi connectivity index (χ3n) is 9.88. The zero-order valence-electron chi connectivity index (χ0n) is 19.0. The molecule has 0 spiro atoms. The Bertz CT molecular complexity index is 850. The van der Waals surface area contributed by atoms with E-state index in [0.717, 1.165) is 12.8 Å². The van der Waals surface area contributed by atoms with Crippen molar-refractivity contribution in [2.45, 2.75) is 91.1 Å². The van der Waals surface area contributed by atoms with Crippen molar-refractivity contribution in [2.75, 3.05) is 0 Å². The van der Waals surface area contributed by atoms with E-state index in [9.17, 15) is 22.9 Å². The number of rotatable bonds is 6. The van der Waals surface area contributed by atoms with E-state index in [1.807, 2.05) is 0 Å². The van der Waals surface area contributed by atoms with Gasteiger partial charge in [0, 0.05) is 5.97 Å². The maximum atomic E-state index is 11.1. The van der Waals surface area contributed by atoms with Crippen molar-refractivity contribution in [1.82, 2.24) is 0 Å². The third kappa shape index (κ3) is 4.22. The molecule has 0 aromatic carbocycles. The van der Waals surface area contributed by atoms with E-state index < -0.39 is 22.5 Å². The quantitative estimate of drug-likeness (QED) is 0.346. The van der Waals surface area contributed by atoms with Crippen LogP contribution in [0.1, 0.15) is 85.0 Å². The second kappa shape index (κ2) is 8.14. The molecule has 31 heavy (non-hydrogen) atoms. The minimum absolute atomic E-state index is 0.0649. The molecule has 0 heterocycles. The zero-order chi connectivity index (χ0) is 22.6. The van der Waals surface area contributed by atoms with E-state index in [1.165, 1.54) is 31.3 Å². The number of fused-ring (bicyclic) bond motifs is 5. The Hall–Kier alpha value is -0.920. The summed E-state index contributed by atoms with van der Waals surface area (Å²) in [5.41, 5.74) is 1.62. The van der Waals surface area contributed by atoms with Crippen molar-refractivity contribution in [2.24, 2.45) is 40.4 Å². The zero-order valence-corrected chi connectivity index (χ0v) is 19.8. The number of hydrogen-bond acceptors (Lipinski definition) is 6. The van der Waals surface area contributed by atoms with Crippen LogP contribution in [0.15, 0.2) is 11.6 Å². The Morgan fingerprint density at radius 2 is 1.94 bits per heavy atom. The molecule has 8 atom stereocenters. The average molecular weight is 453 g/mol. The first-order valence-corrected chi connectivity index (χ1v) is 13.3. The standard InChI is InChI=1S/C24H38O6S/c1-15(4-9-22(25)26)19-7-8-20-18-6-5-16-14-17(30-31(27,28)29)10-12-23(16,2)21(18)11-13-24(19,20)3/h5,15,17-21H,4,6-14H2,1-3H3,(H,25,26)(H,27,28,29)/p-2/t15-,17+,18+,19-,20+,21+,23+,24-/m1/s1. The van der Waals surface area contributed by atoms with Crippen molar-refractivity contribution in [3.63, 3.8) is 0 Å². The van der Waals surface area contributed by atoms with Crippen LogP contribution < -0.4 is 5.11 Å². The Kier molecular flexibility index (Phi) is 6.10. The van der Waals surface area contributed by atoms with Crippen LogP contribution in [0.5, 0.6) is 0 Å². The molecule has 0 radical (unpaired) electrons. The van der Waals surface area contributed by atoms with Gasteiger partial charge >= 0.3 is 0 Å². The first-order chi connectivity index (χ1) is 14.4. The minimum Gasteiger partial charge on any atom is -0.726 e. The smallest absolute Gasteiger partial charge is 0.217 e. The molecule has 3 fully saturated rings.